The van der Waals surface area contributed by atoms with E-state index in [4.69, 9.17) is 0 Å². The molecule has 118 valence electrons. The molecule has 0 atom stereocenters. The van der Waals surface area contributed by atoms with Crippen molar-refractivity contribution in [3.63, 3.8) is 0 Å². The van der Waals surface area contributed by atoms with Gasteiger partial charge in [0.2, 0.25) is 0 Å². The minimum absolute atomic E-state index is 0.0950. The summed E-state index contributed by atoms with van der Waals surface area (Å²) in [5.41, 5.74) is 4.43. The van der Waals surface area contributed by atoms with Crippen molar-refractivity contribution in [1.29, 1.82) is 0 Å². The summed E-state index contributed by atoms with van der Waals surface area (Å²) < 4.78 is 0. The number of amides is 1. The molecule has 0 radical (unpaired) electrons. The number of H-pyrrole nitrogens is 1. The van der Waals surface area contributed by atoms with Crippen molar-refractivity contribution in [2.45, 2.75) is 6.42 Å². The second-order valence-corrected chi connectivity index (χ2v) is 5.63. The number of aromatic nitrogens is 3. The topological polar surface area (TPSA) is 70.7 Å². The van der Waals surface area contributed by atoms with E-state index in [1.54, 1.807) is 24.5 Å². The van der Waals surface area contributed by atoms with Gasteiger partial charge in [-0.3, -0.25) is 14.8 Å². The normalized spacial score (nSPS) is 11.0. The Kier molecular flexibility index (Phi) is 3.67. The van der Waals surface area contributed by atoms with Crippen LogP contribution in [0.2, 0.25) is 0 Å². The van der Waals surface area contributed by atoms with Crippen LogP contribution in [-0.4, -0.2) is 27.4 Å². The van der Waals surface area contributed by atoms with Gasteiger partial charge in [-0.1, -0.05) is 18.2 Å². The first-order valence-corrected chi connectivity index (χ1v) is 7.85. The minimum Gasteiger partial charge on any atom is -0.361 e. The number of nitrogens with one attached hydrogen (secondary N) is 2. The maximum absolute atomic E-state index is 12.3. The lowest BCUT2D eigenvalue weighted by atomic mass is 10.1. The zero-order valence-electron chi connectivity index (χ0n) is 13.0. The fraction of sp³-hybridized carbons (Fsp3) is 0.105. The Balaban J connectivity index is 1.44. The van der Waals surface area contributed by atoms with Crippen LogP contribution in [0.5, 0.6) is 0 Å². The van der Waals surface area contributed by atoms with E-state index < -0.39 is 0 Å². The SMILES string of the molecule is O=C(NCCc1c[nH]c2ccccc12)c1ccc2nccnc2c1. The van der Waals surface area contributed by atoms with Crippen LogP contribution in [0.15, 0.2) is 61.1 Å². The molecular weight excluding hydrogens is 300 g/mol. The van der Waals surface area contributed by atoms with Crippen molar-refractivity contribution in [2.24, 2.45) is 0 Å². The summed E-state index contributed by atoms with van der Waals surface area (Å²) in [5.74, 6) is -0.0950. The number of fused-ring (bicyclic) bond motifs is 2. The average molecular weight is 316 g/mol. The minimum atomic E-state index is -0.0950. The van der Waals surface area contributed by atoms with Gasteiger partial charge in [-0.15, -0.1) is 0 Å². The monoisotopic (exact) mass is 316 g/mol. The van der Waals surface area contributed by atoms with E-state index >= 15 is 0 Å². The van der Waals surface area contributed by atoms with Crippen LogP contribution in [0.1, 0.15) is 15.9 Å². The molecule has 0 aliphatic carbocycles. The third-order valence-corrected chi connectivity index (χ3v) is 4.09. The van der Waals surface area contributed by atoms with Crippen LogP contribution < -0.4 is 5.32 Å². The molecule has 2 N–H and O–H groups in total. The van der Waals surface area contributed by atoms with Crippen molar-refractivity contribution >= 4 is 27.8 Å². The summed E-state index contributed by atoms with van der Waals surface area (Å²) >= 11 is 0. The average Bonchev–Trinajstić information content (AvgIpc) is 3.04. The molecule has 1 amide bonds. The molecule has 4 rings (SSSR count). The van der Waals surface area contributed by atoms with Gasteiger partial charge in [0, 0.05) is 41.6 Å². The first kappa shape index (κ1) is 14.4. The Labute approximate surface area is 138 Å². The summed E-state index contributed by atoms with van der Waals surface area (Å²) in [5, 5.41) is 4.17. The first-order valence-electron chi connectivity index (χ1n) is 7.85. The molecule has 2 aromatic heterocycles. The molecule has 2 aromatic carbocycles. The van der Waals surface area contributed by atoms with Gasteiger partial charge in [0.1, 0.15) is 0 Å². The third-order valence-electron chi connectivity index (χ3n) is 4.09. The Morgan fingerprint density at radius 2 is 1.88 bits per heavy atom. The first-order chi connectivity index (χ1) is 11.8. The maximum atomic E-state index is 12.3. The molecule has 24 heavy (non-hydrogen) atoms. The zero-order chi connectivity index (χ0) is 16.4. The molecule has 5 heteroatoms. The summed E-state index contributed by atoms with van der Waals surface area (Å²) in [6.07, 6.45) is 6.05. The van der Waals surface area contributed by atoms with Crippen LogP contribution in [0, 0.1) is 0 Å². The summed E-state index contributed by atoms with van der Waals surface area (Å²) in [4.78, 5) is 24.0. The van der Waals surface area contributed by atoms with Crippen LogP contribution in [0.3, 0.4) is 0 Å². The molecular formula is C19H16N4O. The second-order valence-electron chi connectivity index (χ2n) is 5.63. The number of hydrogen-bond acceptors (Lipinski definition) is 3. The lowest BCUT2D eigenvalue weighted by Gasteiger charge is -2.05. The number of para-hydroxylation sites is 1. The van der Waals surface area contributed by atoms with Crippen LogP contribution >= 0.6 is 0 Å². The highest BCUT2D eigenvalue weighted by Crippen LogP contribution is 2.17. The Bertz CT molecular complexity index is 1020. The Hall–Kier alpha value is -3.21. The van der Waals surface area contributed by atoms with Crippen LogP contribution in [-0.2, 0) is 6.42 Å². The van der Waals surface area contributed by atoms with Gasteiger partial charge in [0.05, 0.1) is 11.0 Å². The lowest BCUT2D eigenvalue weighted by molar-refractivity contribution is 0.0954. The molecule has 2 heterocycles. The van der Waals surface area contributed by atoms with Gasteiger partial charge in [0.25, 0.3) is 5.91 Å². The molecule has 0 saturated heterocycles. The predicted octanol–water partition coefficient (Wildman–Crippen LogP) is 3.08. The number of carbonyl (C=O) groups is 1. The molecule has 0 saturated carbocycles. The zero-order valence-corrected chi connectivity index (χ0v) is 13.0. The highest BCUT2D eigenvalue weighted by atomic mass is 16.1. The number of carbonyl (C=O) groups excluding carboxylic acids is 1. The third kappa shape index (κ3) is 2.72. The van der Waals surface area contributed by atoms with E-state index in [2.05, 4.69) is 26.3 Å². The molecule has 0 aliphatic rings. The highest BCUT2D eigenvalue weighted by Gasteiger charge is 2.08. The molecule has 0 unspecified atom stereocenters. The van der Waals surface area contributed by atoms with E-state index in [0.717, 1.165) is 23.0 Å². The van der Waals surface area contributed by atoms with E-state index in [9.17, 15) is 4.79 Å². The summed E-state index contributed by atoms with van der Waals surface area (Å²) in [7, 11) is 0. The molecule has 0 spiro atoms. The molecule has 5 nitrogen and oxygen atoms in total. The van der Waals surface area contributed by atoms with E-state index in [0.29, 0.717) is 12.1 Å². The standard InChI is InChI=1S/C19H16N4O/c24-19(13-5-6-17-18(11-13)21-10-9-20-17)22-8-7-14-12-23-16-4-2-1-3-15(14)16/h1-6,9-12,23H,7-8H2,(H,22,24). The fourth-order valence-corrected chi connectivity index (χ4v) is 2.86. The maximum Gasteiger partial charge on any atom is 0.251 e. The van der Waals surface area contributed by atoms with Crippen molar-refractivity contribution in [2.75, 3.05) is 6.54 Å². The van der Waals surface area contributed by atoms with Crippen molar-refractivity contribution in [1.82, 2.24) is 20.3 Å². The Morgan fingerprint density at radius 3 is 2.79 bits per heavy atom. The molecule has 0 aliphatic heterocycles. The Morgan fingerprint density at radius 1 is 1.04 bits per heavy atom. The van der Waals surface area contributed by atoms with E-state index in [1.165, 1.54) is 10.9 Å². The predicted molar refractivity (Wildman–Crippen MR) is 93.9 cm³/mol. The van der Waals surface area contributed by atoms with Gasteiger partial charge < -0.3 is 10.3 Å². The van der Waals surface area contributed by atoms with Gasteiger partial charge in [-0.25, -0.2) is 0 Å². The van der Waals surface area contributed by atoms with Crippen molar-refractivity contribution in [3.8, 4) is 0 Å². The quantitative estimate of drug-likeness (QED) is 0.608. The number of aromatic amines is 1. The van der Waals surface area contributed by atoms with Crippen molar-refractivity contribution < 1.29 is 4.79 Å². The van der Waals surface area contributed by atoms with Crippen LogP contribution in [0.4, 0.5) is 0 Å². The second kappa shape index (κ2) is 6.12. The highest BCUT2D eigenvalue weighted by molar-refractivity contribution is 5.97. The number of rotatable bonds is 4. The van der Waals surface area contributed by atoms with Gasteiger partial charge >= 0.3 is 0 Å². The molecule has 0 bridgehead atoms. The van der Waals surface area contributed by atoms with Crippen molar-refractivity contribution in [3.05, 3.63) is 72.2 Å². The smallest absolute Gasteiger partial charge is 0.251 e. The van der Waals surface area contributed by atoms with Gasteiger partial charge in [0.15, 0.2) is 0 Å². The van der Waals surface area contributed by atoms with E-state index in [-0.39, 0.29) is 5.91 Å². The number of benzene rings is 2. The number of hydrogen-bond donors (Lipinski definition) is 2. The van der Waals surface area contributed by atoms with E-state index in [1.807, 2.05) is 30.5 Å². The summed E-state index contributed by atoms with van der Waals surface area (Å²) in [6, 6.07) is 13.5. The largest absolute Gasteiger partial charge is 0.361 e. The molecule has 4 aromatic rings. The lowest BCUT2D eigenvalue weighted by Crippen LogP contribution is -2.25. The van der Waals surface area contributed by atoms with Gasteiger partial charge in [-0.05, 0) is 36.2 Å². The molecule has 0 fully saturated rings. The summed E-state index contributed by atoms with van der Waals surface area (Å²) in [6.45, 7) is 0.583. The number of nitrogens with zero attached hydrogens (tertiary/aromatic N) is 2. The van der Waals surface area contributed by atoms with Gasteiger partial charge in [-0.2, -0.15) is 0 Å². The fourth-order valence-electron chi connectivity index (χ4n) is 2.86. The van der Waals surface area contributed by atoms with Crippen LogP contribution in [0.25, 0.3) is 21.9 Å².